The Bertz CT molecular complexity index is 469. The molecule has 0 amide bonds. The van der Waals surface area contributed by atoms with Crippen molar-refractivity contribution in [3.05, 3.63) is 29.3 Å². The Morgan fingerprint density at radius 2 is 2.24 bits per heavy atom. The molecule has 90 valence electrons. The molecule has 2 unspecified atom stereocenters. The highest BCUT2D eigenvalue weighted by Crippen LogP contribution is 2.40. The van der Waals surface area contributed by atoms with Crippen molar-refractivity contribution in [3.8, 4) is 0 Å². The van der Waals surface area contributed by atoms with Gasteiger partial charge in [0.25, 0.3) is 0 Å². The number of aliphatic carboxylic acids is 1. The first-order valence-corrected chi connectivity index (χ1v) is 6.26. The van der Waals surface area contributed by atoms with E-state index in [1.165, 1.54) is 16.8 Å². The molecule has 3 heteroatoms. The SMILES string of the molecule is Cc1cccc2c1N1CCC(C(=O)O)C1CC2. The van der Waals surface area contributed by atoms with Crippen molar-refractivity contribution in [2.45, 2.75) is 32.2 Å². The lowest BCUT2D eigenvalue weighted by molar-refractivity contribution is -0.141. The molecule has 1 aromatic rings. The predicted octanol–water partition coefficient (Wildman–Crippen LogP) is 2.22. The average Bonchev–Trinajstić information content (AvgIpc) is 2.72. The van der Waals surface area contributed by atoms with Gasteiger partial charge in [-0.2, -0.15) is 0 Å². The molecule has 2 heterocycles. The van der Waals surface area contributed by atoms with Crippen LogP contribution in [0.2, 0.25) is 0 Å². The van der Waals surface area contributed by atoms with Crippen molar-refractivity contribution < 1.29 is 9.90 Å². The highest BCUT2D eigenvalue weighted by molar-refractivity contribution is 5.74. The van der Waals surface area contributed by atoms with Gasteiger partial charge >= 0.3 is 5.97 Å². The Hall–Kier alpha value is -1.51. The van der Waals surface area contributed by atoms with Gasteiger partial charge in [-0.3, -0.25) is 4.79 Å². The van der Waals surface area contributed by atoms with Crippen LogP contribution in [-0.2, 0) is 11.2 Å². The molecule has 3 nitrogen and oxygen atoms in total. The Morgan fingerprint density at radius 3 is 3.00 bits per heavy atom. The minimum Gasteiger partial charge on any atom is -0.481 e. The summed E-state index contributed by atoms with van der Waals surface area (Å²) in [7, 11) is 0. The fraction of sp³-hybridized carbons (Fsp3) is 0.500. The van der Waals surface area contributed by atoms with E-state index in [4.69, 9.17) is 0 Å². The van der Waals surface area contributed by atoms with Gasteiger partial charge in [-0.05, 0) is 37.3 Å². The van der Waals surface area contributed by atoms with E-state index >= 15 is 0 Å². The lowest BCUT2D eigenvalue weighted by Gasteiger charge is -2.36. The Labute approximate surface area is 101 Å². The molecule has 2 aliphatic rings. The van der Waals surface area contributed by atoms with Gasteiger partial charge in [0.2, 0.25) is 0 Å². The summed E-state index contributed by atoms with van der Waals surface area (Å²) in [6.45, 7) is 3.01. The molecule has 0 aromatic heterocycles. The minimum atomic E-state index is -0.630. The number of nitrogens with zero attached hydrogens (tertiary/aromatic N) is 1. The van der Waals surface area contributed by atoms with Crippen LogP contribution in [0.4, 0.5) is 5.69 Å². The van der Waals surface area contributed by atoms with Gasteiger partial charge in [-0.1, -0.05) is 18.2 Å². The Kier molecular flexibility index (Phi) is 2.35. The van der Waals surface area contributed by atoms with Crippen molar-refractivity contribution in [1.29, 1.82) is 0 Å². The summed E-state index contributed by atoms with van der Waals surface area (Å²) in [6, 6.07) is 6.60. The molecule has 1 fully saturated rings. The highest BCUT2D eigenvalue weighted by atomic mass is 16.4. The van der Waals surface area contributed by atoms with E-state index in [0.29, 0.717) is 0 Å². The third-order valence-corrected chi connectivity index (χ3v) is 4.18. The molecule has 0 radical (unpaired) electrons. The second-order valence-corrected chi connectivity index (χ2v) is 5.12. The number of carboxylic acids is 1. The van der Waals surface area contributed by atoms with Gasteiger partial charge < -0.3 is 10.0 Å². The fourth-order valence-corrected chi connectivity index (χ4v) is 3.41. The third kappa shape index (κ3) is 1.53. The molecule has 0 bridgehead atoms. The molecule has 0 saturated carbocycles. The van der Waals surface area contributed by atoms with E-state index in [1.807, 2.05) is 0 Å². The number of fused-ring (bicyclic) bond motifs is 3. The molecule has 17 heavy (non-hydrogen) atoms. The molecule has 2 aliphatic heterocycles. The average molecular weight is 231 g/mol. The largest absolute Gasteiger partial charge is 0.481 e. The lowest BCUT2D eigenvalue weighted by atomic mass is 9.89. The maximum atomic E-state index is 11.2. The third-order valence-electron chi connectivity index (χ3n) is 4.18. The van der Waals surface area contributed by atoms with Crippen LogP contribution < -0.4 is 4.90 Å². The second-order valence-electron chi connectivity index (χ2n) is 5.12. The predicted molar refractivity (Wildman–Crippen MR) is 66.4 cm³/mol. The van der Waals surface area contributed by atoms with Crippen LogP contribution in [0.1, 0.15) is 24.0 Å². The van der Waals surface area contributed by atoms with E-state index in [1.54, 1.807) is 0 Å². The van der Waals surface area contributed by atoms with Gasteiger partial charge in [0.15, 0.2) is 0 Å². The summed E-state index contributed by atoms with van der Waals surface area (Å²) < 4.78 is 0. The van der Waals surface area contributed by atoms with Crippen molar-refractivity contribution in [2.24, 2.45) is 5.92 Å². The number of hydrogen-bond acceptors (Lipinski definition) is 2. The molecule has 0 spiro atoms. The zero-order chi connectivity index (χ0) is 12.0. The zero-order valence-electron chi connectivity index (χ0n) is 10.0. The molecule has 1 saturated heterocycles. The summed E-state index contributed by atoms with van der Waals surface area (Å²) in [5.41, 5.74) is 3.96. The number of rotatable bonds is 1. The Morgan fingerprint density at radius 1 is 1.41 bits per heavy atom. The number of hydrogen-bond donors (Lipinski definition) is 1. The first-order valence-electron chi connectivity index (χ1n) is 6.26. The Balaban J connectivity index is 2.01. The van der Waals surface area contributed by atoms with Gasteiger partial charge in [-0.15, -0.1) is 0 Å². The summed E-state index contributed by atoms with van der Waals surface area (Å²) in [4.78, 5) is 13.6. The molecule has 1 N–H and O–H groups in total. The van der Waals surface area contributed by atoms with E-state index in [2.05, 4.69) is 30.0 Å². The van der Waals surface area contributed by atoms with Crippen LogP contribution in [-0.4, -0.2) is 23.7 Å². The van der Waals surface area contributed by atoms with Crippen LogP contribution in [0.3, 0.4) is 0 Å². The van der Waals surface area contributed by atoms with E-state index in [-0.39, 0.29) is 12.0 Å². The van der Waals surface area contributed by atoms with Crippen LogP contribution in [0.15, 0.2) is 18.2 Å². The van der Waals surface area contributed by atoms with E-state index in [0.717, 1.165) is 25.8 Å². The van der Waals surface area contributed by atoms with E-state index < -0.39 is 5.97 Å². The maximum absolute atomic E-state index is 11.2. The van der Waals surface area contributed by atoms with E-state index in [9.17, 15) is 9.90 Å². The lowest BCUT2D eigenvalue weighted by Crippen LogP contribution is -2.39. The van der Waals surface area contributed by atoms with Crippen molar-refractivity contribution in [3.63, 3.8) is 0 Å². The second kappa shape index (κ2) is 3.76. The highest BCUT2D eigenvalue weighted by Gasteiger charge is 2.41. The number of anilines is 1. The topological polar surface area (TPSA) is 40.5 Å². The van der Waals surface area contributed by atoms with Gasteiger partial charge in [-0.25, -0.2) is 0 Å². The molecule has 1 aromatic carbocycles. The number of para-hydroxylation sites is 1. The summed E-state index contributed by atoms with van der Waals surface area (Å²) in [5.74, 6) is -0.808. The summed E-state index contributed by atoms with van der Waals surface area (Å²) in [6.07, 6.45) is 2.78. The number of carbonyl (C=O) groups is 1. The zero-order valence-corrected chi connectivity index (χ0v) is 10.0. The smallest absolute Gasteiger partial charge is 0.308 e. The molecule has 3 rings (SSSR count). The van der Waals surface area contributed by atoms with Gasteiger partial charge in [0.1, 0.15) is 0 Å². The van der Waals surface area contributed by atoms with Crippen molar-refractivity contribution in [1.82, 2.24) is 0 Å². The molecule has 0 aliphatic carbocycles. The summed E-state index contributed by atoms with van der Waals surface area (Å²) in [5, 5.41) is 9.24. The molecular formula is C14H17NO2. The maximum Gasteiger partial charge on any atom is 0.308 e. The number of benzene rings is 1. The fourth-order valence-electron chi connectivity index (χ4n) is 3.41. The van der Waals surface area contributed by atoms with Gasteiger partial charge in [0, 0.05) is 18.3 Å². The number of aryl methyl sites for hydroxylation is 2. The minimum absolute atomic E-state index is 0.178. The van der Waals surface area contributed by atoms with Crippen molar-refractivity contribution >= 4 is 11.7 Å². The first kappa shape index (κ1) is 10.6. The van der Waals surface area contributed by atoms with Crippen LogP contribution >= 0.6 is 0 Å². The molecule has 2 atom stereocenters. The normalized spacial score (nSPS) is 26.5. The first-order chi connectivity index (χ1) is 8.18. The standard InChI is InChI=1S/C14H17NO2/c1-9-3-2-4-10-5-6-12-11(14(16)17)7-8-15(12)13(9)10/h2-4,11-12H,5-8H2,1H3,(H,16,17). The molecular weight excluding hydrogens is 214 g/mol. The number of carboxylic acid groups (broad SMARTS) is 1. The van der Waals surface area contributed by atoms with Crippen LogP contribution in [0.5, 0.6) is 0 Å². The van der Waals surface area contributed by atoms with Crippen molar-refractivity contribution in [2.75, 3.05) is 11.4 Å². The van der Waals surface area contributed by atoms with Gasteiger partial charge in [0.05, 0.1) is 5.92 Å². The van der Waals surface area contributed by atoms with Crippen LogP contribution in [0, 0.1) is 12.8 Å². The monoisotopic (exact) mass is 231 g/mol. The van der Waals surface area contributed by atoms with Crippen LogP contribution in [0.25, 0.3) is 0 Å². The quantitative estimate of drug-likeness (QED) is 0.805. The summed E-state index contributed by atoms with van der Waals surface area (Å²) >= 11 is 0.